The van der Waals surface area contributed by atoms with E-state index < -0.39 is 15.8 Å². The number of benzene rings is 3. The van der Waals surface area contributed by atoms with Crippen LogP contribution in [0.3, 0.4) is 0 Å². The molecule has 176 valence electrons. The summed E-state index contributed by atoms with van der Waals surface area (Å²) in [6, 6.07) is 20.4. The van der Waals surface area contributed by atoms with Crippen molar-refractivity contribution in [2.75, 3.05) is 27.2 Å². The van der Waals surface area contributed by atoms with Gasteiger partial charge in [0, 0.05) is 50.7 Å². The molecule has 0 radical (unpaired) electrons. The van der Waals surface area contributed by atoms with Gasteiger partial charge < -0.3 is 10.2 Å². The van der Waals surface area contributed by atoms with Crippen molar-refractivity contribution < 1.29 is 17.6 Å². The van der Waals surface area contributed by atoms with E-state index in [1.165, 1.54) is 24.3 Å². The lowest BCUT2D eigenvalue weighted by molar-refractivity contribution is 0.0370. The lowest BCUT2D eigenvalue weighted by Gasteiger charge is -2.57. The van der Waals surface area contributed by atoms with Crippen LogP contribution in [0.15, 0.2) is 77.7 Å². The topological polar surface area (TPSA) is 69.7 Å². The second-order valence-electron chi connectivity index (χ2n) is 9.01. The predicted molar refractivity (Wildman–Crippen MR) is 129 cm³/mol. The number of sulfonamides is 1. The first-order valence-corrected chi connectivity index (χ1v) is 12.6. The smallest absolute Gasteiger partial charge is 0.253 e. The standard InChI is InChI=1S/C26H26FN3O3S/c1-29(2)26(31)20-9-5-18(6-10-20)17-3-7-19(8-4-17)25-23-15-28-16-24(25)30(23)34(32,33)22-13-11-21(27)12-14-22/h3-14,23-25,28H,15-16H2,1-2H3/t23-,24+,25?. The zero-order valence-corrected chi connectivity index (χ0v) is 19.8. The van der Waals surface area contributed by atoms with Gasteiger partial charge in [0.2, 0.25) is 10.0 Å². The Labute approximate surface area is 199 Å². The molecular weight excluding hydrogens is 453 g/mol. The van der Waals surface area contributed by atoms with Crippen molar-refractivity contribution >= 4 is 15.9 Å². The summed E-state index contributed by atoms with van der Waals surface area (Å²) in [5, 5.41) is 3.31. The van der Waals surface area contributed by atoms with Gasteiger partial charge in [0.25, 0.3) is 5.91 Å². The highest BCUT2D eigenvalue weighted by molar-refractivity contribution is 7.89. The zero-order chi connectivity index (χ0) is 24.0. The maximum Gasteiger partial charge on any atom is 0.253 e. The minimum atomic E-state index is -3.69. The molecule has 3 aromatic carbocycles. The van der Waals surface area contributed by atoms with Crippen molar-refractivity contribution in [2.45, 2.75) is 22.9 Å². The molecule has 0 aromatic heterocycles. The van der Waals surface area contributed by atoms with Crippen molar-refractivity contribution in [2.24, 2.45) is 0 Å². The molecule has 1 amide bonds. The predicted octanol–water partition coefficient (Wildman–Crippen LogP) is 3.32. The number of halogens is 1. The maximum atomic E-state index is 13.3. The third kappa shape index (κ3) is 3.81. The lowest BCUT2D eigenvalue weighted by Crippen LogP contribution is -2.73. The molecule has 2 aliphatic heterocycles. The van der Waals surface area contributed by atoms with Crippen LogP contribution in [0.4, 0.5) is 4.39 Å². The molecular formula is C26H26FN3O3S. The average Bonchev–Trinajstić information content (AvgIpc) is 2.84. The Hall–Kier alpha value is -3.07. The van der Waals surface area contributed by atoms with Gasteiger partial charge in [0.1, 0.15) is 5.82 Å². The average molecular weight is 480 g/mol. The Morgan fingerprint density at radius 3 is 1.94 bits per heavy atom. The highest BCUT2D eigenvalue weighted by Gasteiger charge is 2.56. The van der Waals surface area contributed by atoms with Crippen LogP contribution in [-0.4, -0.2) is 62.8 Å². The summed E-state index contributed by atoms with van der Waals surface area (Å²) in [5.74, 6) is -0.390. The van der Waals surface area contributed by atoms with Crippen molar-refractivity contribution in [3.63, 3.8) is 0 Å². The molecule has 2 aliphatic rings. The minimum absolute atomic E-state index is 0.0350. The fourth-order valence-corrected chi connectivity index (χ4v) is 6.87. The van der Waals surface area contributed by atoms with E-state index in [9.17, 15) is 17.6 Å². The Balaban J connectivity index is 1.35. The van der Waals surface area contributed by atoms with E-state index in [-0.39, 0.29) is 28.8 Å². The molecule has 34 heavy (non-hydrogen) atoms. The van der Waals surface area contributed by atoms with Crippen LogP contribution in [0.2, 0.25) is 0 Å². The number of carbonyl (C=O) groups is 1. The summed E-state index contributed by atoms with van der Waals surface area (Å²) in [7, 11) is -0.235. The Bertz CT molecular complexity index is 1290. The van der Waals surface area contributed by atoms with Crippen molar-refractivity contribution in [3.8, 4) is 11.1 Å². The van der Waals surface area contributed by atoms with Gasteiger partial charge in [-0.3, -0.25) is 4.79 Å². The summed E-state index contributed by atoms with van der Waals surface area (Å²) in [4.78, 5) is 13.8. The first-order valence-electron chi connectivity index (χ1n) is 11.2. The first kappa shape index (κ1) is 22.7. The van der Waals surface area contributed by atoms with Crippen molar-refractivity contribution in [1.82, 2.24) is 14.5 Å². The van der Waals surface area contributed by atoms with E-state index in [4.69, 9.17) is 0 Å². The normalized spacial score (nSPS) is 22.1. The number of piperazine rings is 1. The number of nitrogens with zero attached hydrogens (tertiary/aromatic N) is 2. The molecule has 2 heterocycles. The Morgan fingerprint density at radius 2 is 1.41 bits per heavy atom. The van der Waals surface area contributed by atoms with Gasteiger partial charge in [0.15, 0.2) is 0 Å². The Morgan fingerprint density at radius 1 is 0.882 bits per heavy atom. The summed E-state index contributed by atoms with van der Waals surface area (Å²) in [6.45, 7) is 1.15. The van der Waals surface area contributed by atoms with Crippen LogP contribution < -0.4 is 5.32 Å². The van der Waals surface area contributed by atoms with Gasteiger partial charge >= 0.3 is 0 Å². The third-order valence-electron chi connectivity index (χ3n) is 6.75. The van der Waals surface area contributed by atoms with E-state index >= 15 is 0 Å². The number of amides is 1. The molecule has 3 aromatic rings. The number of hydrogen-bond acceptors (Lipinski definition) is 4. The van der Waals surface area contributed by atoms with Crippen molar-refractivity contribution in [1.29, 1.82) is 0 Å². The highest BCUT2D eigenvalue weighted by Crippen LogP contribution is 2.46. The summed E-state index contributed by atoms with van der Waals surface area (Å²) < 4.78 is 41.3. The second-order valence-corrected chi connectivity index (χ2v) is 10.8. The van der Waals surface area contributed by atoms with E-state index in [2.05, 4.69) is 17.4 Å². The molecule has 5 rings (SSSR count). The highest BCUT2D eigenvalue weighted by atomic mass is 32.2. The minimum Gasteiger partial charge on any atom is -0.345 e. The van der Waals surface area contributed by atoms with Gasteiger partial charge in [0.05, 0.1) is 4.90 Å². The van der Waals surface area contributed by atoms with Gasteiger partial charge in [-0.2, -0.15) is 4.31 Å². The van der Waals surface area contributed by atoms with Gasteiger partial charge in [-0.25, -0.2) is 12.8 Å². The molecule has 8 heteroatoms. The van der Waals surface area contributed by atoms with E-state index in [0.29, 0.717) is 18.7 Å². The summed E-state index contributed by atoms with van der Waals surface area (Å²) in [5.41, 5.74) is 3.79. The zero-order valence-electron chi connectivity index (χ0n) is 19.0. The van der Waals surface area contributed by atoms with Crippen LogP contribution in [0.25, 0.3) is 11.1 Å². The number of rotatable bonds is 5. The molecule has 2 saturated heterocycles. The summed E-state index contributed by atoms with van der Waals surface area (Å²) >= 11 is 0. The molecule has 1 N–H and O–H groups in total. The number of piperidine rings is 1. The SMILES string of the molecule is CN(C)C(=O)c1ccc(-c2ccc(C3[C@H]4CNC[C@@H]3N4S(=O)(=O)c3ccc(F)cc3)cc2)cc1. The first-order chi connectivity index (χ1) is 16.3. The van der Waals surface area contributed by atoms with Crippen molar-refractivity contribution in [3.05, 3.63) is 89.7 Å². The Kier molecular flexibility index (Phi) is 5.75. The van der Waals surface area contributed by atoms with Gasteiger partial charge in [-0.15, -0.1) is 0 Å². The van der Waals surface area contributed by atoms with Crippen LogP contribution in [0, 0.1) is 5.82 Å². The fourth-order valence-electron chi connectivity index (χ4n) is 5.02. The number of hydrogen-bond donors (Lipinski definition) is 1. The van der Waals surface area contributed by atoms with Gasteiger partial charge in [-0.1, -0.05) is 36.4 Å². The molecule has 0 spiro atoms. The van der Waals surface area contributed by atoms with E-state index in [1.54, 1.807) is 23.3 Å². The number of nitrogens with one attached hydrogen (secondary N) is 1. The fraction of sp³-hybridized carbons (Fsp3) is 0.269. The van der Waals surface area contributed by atoms with Gasteiger partial charge in [-0.05, 0) is 53.1 Å². The monoisotopic (exact) mass is 479 g/mol. The van der Waals surface area contributed by atoms with Crippen LogP contribution in [0.1, 0.15) is 21.8 Å². The molecule has 0 saturated carbocycles. The molecule has 1 unspecified atom stereocenters. The number of carbonyl (C=O) groups excluding carboxylic acids is 1. The largest absolute Gasteiger partial charge is 0.345 e. The summed E-state index contributed by atoms with van der Waals surface area (Å²) in [6.07, 6.45) is 0. The molecule has 0 aliphatic carbocycles. The van der Waals surface area contributed by atoms with Crippen LogP contribution in [0.5, 0.6) is 0 Å². The third-order valence-corrected chi connectivity index (χ3v) is 8.71. The van der Waals surface area contributed by atoms with E-state index in [0.717, 1.165) is 16.7 Å². The maximum absolute atomic E-state index is 13.3. The molecule has 2 fully saturated rings. The molecule has 6 nitrogen and oxygen atoms in total. The van der Waals surface area contributed by atoms with Crippen LogP contribution in [-0.2, 0) is 10.0 Å². The molecule has 3 atom stereocenters. The lowest BCUT2D eigenvalue weighted by atomic mass is 9.74. The quantitative estimate of drug-likeness (QED) is 0.610. The van der Waals surface area contributed by atoms with E-state index in [1.807, 2.05) is 36.4 Å². The molecule has 2 bridgehead atoms. The van der Waals surface area contributed by atoms with Crippen LogP contribution >= 0.6 is 0 Å². The number of fused-ring (bicyclic) bond motifs is 2. The second kappa shape index (κ2) is 8.61.